The number of carbonyl (C=O) groups is 1. The fourth-order valence-electron chi connectivity index (χ4n) is 8.99. The molecule has 4 aliphatic carbocycles. The highest BCUT2D eigenvalue weighted by Gasteiger charge is 2.59. The number of hydrogen-bond acceptors (Lipinski definition) is 2. The van der Waals surface area contributed by atoms with Crippen molar-refractivity contribution in [1.82, 2.24) is 0 Å². The average Bonchev–Trinajstić information content (AvgIpc) is 3.05. The third kappa shape index (κ3) is 4.26. The predicted octanol–water partition coefficient (Wildman–Crippen LogP) is 7.96. The van der Waals surface area contributed by atoms with E-state index in [4.69, 9.17) is 4.74 Å². The van der Waals surface area contributed by atoms with Gasteiger partial charge >= 0.3 is 5.97 Å². The van der Waals surface area contributed by atoms with Crippen LogP contribution in [-0.4, -0.2) is 12.1 Å². The number of allylic oxidation sites excluding steroid dienone is 1. The van der Waals surface area contributed by atoms with Gasteiger partial charge in [0, 0.05) is 13.3 Å². The van der Waals surface area contributed by atoms with Crippen LogP contribution in [0.15, 0.2) is 11.6 Å². The van der Waals surface area contributed by atoms with Gasteiger partial charge in [0.2, 0.25) is 0 Å². The Morgan fingerprint density at radius 3 is 2.55 bits per heavy atom. The normalized spacial score (nSPS) is 42.9. The Bertz CT molecular complexity index is 693. The molecule has 31 heavy (non-hydrogen) atoms. The third-order valence-corrected chi connectivity index (χ3v) is 10.6. The standard InChI is InChI=1S/C29H48O2/c1-19(2)8-7-9-20(3)25-12-13-26-24-11-10-22-18-23(31-21(4)30)14-16-28(22,5)27(24)15-17-29(25,26)6/h10,19-20,23-27H,7-9,11-18H2,1-6H3/t20-,23+,24+,25-,26+,27-,28+,29-/m1/s1. The number of carbonyl (C=O) groups excluding carboxylic acids is 1. The van der Waals surface area contributed by atoms with Crippen molar-refractivity contribution in [2.75, 3.05) is 0 Å². The molecule has 176 valence electrons. The molecular formula is C29H48O2. The van der Waals surface area contributed by atoms with Crippen molar-refractivity contribution in [2.24, 2.45) is 46.3 Å². The first-order valence-corrected chi connectivity index (χ1v) is 13.5. The summed E-state index contributed by atoms with van der Waals surface area (Å²) < 4.78 is 5.61. The molecule has 3 saturated carbocycles. The van der Waals surface area contributed by atoms with Crippen LogP contribution in [-0.2, 0) is 9.53 Å². The summed E-state index contributed by atoms with van der Waals surface area (Å²) in [6, 6.07) is 0. The maximum Gasteiger partial charge on any atom is 0.302 e. The smallest absolute Gasteiger partial charge is 0.302 e. The lowest BCUT2D eigenvalue weighted by atomic mass is 9.47. The summed E-state index contributed by atoms with van der Waals surface area (Å²) in [5, 5.41) is 0. The lowest BCUT2D eigenvalue weighted by molar-refractivity contribution is -0.148. The van der Waals surface area contributed by atoms with Crippen molar-refractivity contribution in [1.29, 1.82) is 0 Å². The largest absolute Gasteiger partial charge is 0.462 e. The van der Waals surface area contributed by atoms with Gasteiger partial charge in [-0.25, -0.2) is 0 Å². The van der Waals surface area contributed by atoms with Crippen LogP contribution in [0, 0.1) is 46.3 Å². The molecule has 2 nitrogen and oxygen atoms in total. The van der Waals surface area contributed by atoms with Crippen LogP contribution in [0.3, 0.4) is 0 Å². The Kier molecular flexibility index (Phi) is 6.68. The molecule has 0 bridgehead atoms. The second-order valence-corrected chi connectivity index (χ2v) is 12.8. The first kappa shape index (κ1) is 23.4. The van der Waals surface area contributed by atoms with Gasteiger partial charge in [-0.1, -0.05) is 65.5 Å². The van der Waals surface area contributed by atoms with E-state index < -0.39 is 0 Å². The second kappa shape index (κ2) is 8.86. The molecule has 2 heteroatoms. The van der Waals surface area contributed by atoms with E-state index in [9.17, 15) is 4.79 Å². The van der Waals surface area contributed by atoms with Gasteiger partial charge < -0.3 is 4.74 Å². The van der Waals surface area contributed by atoms with E-state index in [0.29, 0.717) is 10.8 Å². The SMILES string of the molecule is CC(=O)O[C@H]1CC[C@@]2(C)C(=CC[C@@H]3[C@H]2CC[C@]2(C)[C@@H]([C@H](C)CCCC(C)C)CC[C@@H]32)C1. The van der Waals surface area contributed by atoms with Gasteiger partial charge in [-0.2, -0.15) is 0 Å². The van der Waals surface area contributed by atoms with E-state index >= 15 is 0 Å². The van der Waals surface area contributed by atoms with Gasteiger partial charge in [-0.3, -0.25) is 4.79 Å². The van der Waals surface area contributed by atoms with Crippen molar-refractivity contribution in [3.05, 3.63) is 11.6 Å². The zero-order valence-electron chi connectivity index (χ0n) is 21.2. The van der Waals surface area contributed by atoms with Crippen LogP contribution in [0.2, 0.25) is 0 Å². The zero-order chi connectivity index (χ0) is 22.4. The topological polar surface area (TPSA) is 26.3 Å². The molecule has 0 amide bonds. The maximum atomic E-state index is 11.5. The molecule has 0 aromatic carbocycles. The quantitative estimate of drug-likeness (QED) is 0.317. The minimum absolute atomic E-state index is 0.115. The van der Waals surface area contributed by atoms with Crippen LogP contribution in [0.1, 0.15) is 112 Å². The molecule has 0 aromatic heterocycles. The molecule has 0 saturated heterocycles. The van der Waals surface area contributed by atoms with E-state index in [1.54, 1.807) is 12.5 Å². The van der Waals surface area contributed by atoms with Crippen molar-refractivity contribution < 1.29 is 9.53 Å². The molecule has 0 spiro atoms. The van der Waals surface area contributed by atoms with Crippen LogP contribution >= 0.6 is 0 Å². The Morgan fingerprint density at radius 2 is 1.84 bits per heavy atom. The molecule has 0 aliphatic heterocycles. The monoisotopic (exact) mass is 428 g/mol. The number of ether oxygens (including phenoxy) is 1. The number of fused-ring (bicyclic) bond motifs is 5. The third-order valence-electron chi connectivity index (χ3n) is 10.6. The van der Waals surface area contributed by atoms with Gasteiger partial charge in [0.15, 0.2) is 0 Å². The lowest BCUT2D eigenvalue weighted by Gasteiger charge is -2.58. The van der Waals surface area contributed by atoms with Crippen molar-refractivity contribution in [3.8, 4) is 0 Å². The Morgan fingerprint density at radius 1 is 1.06 bits per heavy atom. The van der Waals surface area contributed by atoms with Gasteiger partial charge in [0.25, 0.3) is 0 Å². The summed E-state index contributed by atoms with van der Waals surface area (Å²) in [7, 11) is 0. The summed E-state index contributed by atoms with van der Waals surface area (Å²) in [5.74, 6) is 5.19. The number of hydrogen-bond donors (Lipinski definition) is 0. The fraction of sp³-hybridized carbons (Fsp3) is 0.897. The van der Waals surface area contributed by atoms with Gasteiger partial charge in [0.05, 0.1) is 0 Å². The Labute approximate surface area is 192 Å². The molecule has 0 radical (unpaired) electrons. The average molecular weight is 429 g/mol. The summed E-state index contributed by atoms with van der Waals surface area (Å²) in [6.45, 7) is 14.1. The van der Waals surface area contributed by atoms with Crippen molar-refractivity contribution in [3.63, 3.8) is 0 Å². The van der Waals surface area contributed by atoms with E-state index in [2.05, 4.69) is 40.7 Å². The zero-order valence-corrected chi connectivity index (χ0v) is 21.2. The molecular weight excluding hydrogens is 380 g/mol. The van der Waals surface area contributed by atoms with Gasteiger partial charge in [-0.15, -0.1) is 0 Å². The second-order valence-electron chi connectivity index (χ2n) is 12.8. The minimum atomic E-state index is -0.115. The van der Waals surface area contributed by atoms with Crippen LogP contribution < -0.4 is 0 Å². The van der Waals surface area contributed by atoms with E-state index in [0.717, 1.165) is 48.3 Å². The summed E-state index contributed by atoms with van der Waals surface area (Å²) in [4.78, 5) is 11.5. The summed E-state index contributed by atoms with van der Waals surface area (Å²) >= 11 is 0. The van der Waals surface area contributed by atoms with E-state index in [1.807, 2.05) is 0 Å². The molecule has 0 aromatic rings. The first-order chi connectivity index (χ1) is 14.6. The predicted molar refractivity (Wildman–Crippen MR) is 129 cm³/mol. The minimum Gasteiger partial charge on any atom is -0.462 e. The van der Waals surface area contributed by atoms with Crippen LogP contribution in [0.5, 0.6) is 0 Å². The molecule has 0 N–H and O–H groups in total. The molecule has 0 heterocycles. The molecule has 4 rings (SSSR count). The fourth-order valence-corrected chi connectivity index (χ4v) is 8.99. The van der Waals surface area contributed by atoms with Gasteiger partial charge in [0.1, 0.15) is 6.10 Å². The molecule has 8 atom stereocenters. The highest BCUT2D eigenvalue weighted by molar-refractivity contribution is 5.66. The van der Waals surface area contributed by atoms with Gasteiger partial charge in [-0.05, 0) is 91.3 Å². The Hall–Kier alpha value is -0.790. The van der Waals surface area contributed by atoms with Crippen molar-refractivity contribution in [2.45, 2.75) is 118 Å². The Balaban J connectivity index is 1.47. The number of esters is 1. The highest BCUT2D eigenvalue weighted by atomic mass is 16.5. The lowest BCUT2D eigenvalue weighted by Crippen LogP contribution is -2.51. The summed E-state index contributed by atoms with van der Waals surface area (Å²) in [5.41, 5.74) is 2.53. The molecule has 4 aliphatic rings. The van der Waals surface area contributed by atoms with E-state index in [1.165, 1.54) is 57.8 Å². The highest BCUT2D eigenvalue weighted by Crippen LogP contribution is 2.67. The number of rotatable bonds is 6. The van der Waals surface area contributed by atoms with Crippen LogP contribution in [0.4, 0.5) is 0 Å². The van der Waals surface area contributed by atoms with Crippen molar-refractivity contribution >= 4 is 5.97 Å². The molecule has 3 fully saturated rings. The molecule has 0 unspecified atom stereocenters. The van der Waals surface area contributed by atoms with E-state index in [-0.39, 0.29) is 12.1 Å². The summed E-state index contributed by atoms with van der Waals surface area (Å²) in [6.07, 6.45) is 17.2. The van der Waals surface area contributed by atoms with Crippen LogP contribution in [0.25, 0.3) is 0 Å². The maximum absolute atomic E-state index is 11.5. The first-order valence-electron chi connectivity index (χ1n) is 13.5.